The first kappa shape index (κ1) is 25.7. The van der Waals surface area contributed by atoms with Crippen LogP contribution in [0.4, 0.5) is 15.8 Å². The van der Waals surface area contributed by atoms with Gasteiger partial charge in [0.15, 0.2) is 0 Å². The Morgan fingerprint density at radius 3 is 2.36 bits per heavy atom. The van der Waals surface area contributed by atoms with Crippen LogP contribution in [0.2, 0.25) is 0 Å². The Labute approximate surface area is 212 Å². The first-order chi connectivity index (χ1) is 17.2. The van der Waals surface area contributed by atoms with Crippen molar-refractivity contribution < 1.29 is 17.6 Å². The smallest absolute Gasteiger partial charge is 0.264 e. The molecular formula is C28H32FN3O3S. The molecule has 4 rings (SSSR count). The molecule has 1 aliphatic rings. The number of nitrogens with one attached hydrogen (secondary N) is 1. The second-order valence-electron chi connectivity index (χ2n) is 9.38. The number of hydrogen-bond acceptors (Lipinski definition) is 4. The number of amides is 1. The van der Waals surface area contributed by atoms with Gasteiger partial charge in [-0.3, -0.25) is 9.10 Å². The summed E-state index contributed by atoms with van der Waals surface area (Å²) in [5.74, 6) is -0.297. The summed E-state index contributed by atoms with van der Waals surface area (Å²) in [7, 11) is -4.09. The molecule has 2 atom stereocenters. The quantitative estimate of drug-likeness (QED) is 0.457. The Balaban J connectivity index is 1.48. The molecule has 1 N–H and O–H groups in total. The van der Waals surface area contributed by atoms with Crippen LogP contribution >= 0.6 is 0 Å². The van der Waals surface area contributed by atoms with E-state index >= 15 is 0 Å². The Bertz CT molecular complexity index is 1270. The lowest BCUT2D eigenvalue weighted by Gasteiger charge is -2.33. The van der Waals surface area contributed by atoms with Gasteiger partial charge >= 0.3 is 0 Å². The molecule has 1 saturated heterocycles. The number of hydrogen-bond donors (Lipinski definition) is 1. The van der Waals surface area contributed by atoms with Gasteiger partial charge in [0, 0.05) is 18.8 Å². The summed E-state index contributed by atoms with van der Waals surface area (Å²) in [4.78, 5) is 15.3. The number of benzene rings is 3. The maximum Gasteiger partial charge on any atom is 0.264 e. The zero-order chi connectivity index (χ0) is 25.7. The van der Waals surface area contributed by atoms with E-state index in [9.17, 15) is 17.6 Å². The standard InChI is InChI=1S/C28H32FN3O3S/c1-21-7-6-18-31(19-21)25-14-10-23(11-15-25)22(2)30-28(33)20-32(26-8-4-3-5-9-26)36(34,35)27-16-12-24(29)13-17-27/h3-5,8-17,21-22H,6-7,18-20H2,1-2H3,(H,30,33). The highest BCUT2D eigenvalue weighted by Gasteiger charge is 2.28. The second kappa shape index (κ2) is 11.1. The summed E-state index contributed by atoms with van der Waals surface area (Å²) in [6.07, 6.45) is 2.45. The van der Waals surface area contributed by atoms with Crippen molar-refractivity contribution >= 4 is 27.3 Å². The van der Waals surface area contributed by atoms with Gasteiger partial charge in [0.05, 0.1) is 16.6 Å². The lowest BCUT2D eigenvalue weighted by molar-refractivity contribution is -0.120. The van der Waals surface area contributed by atoms with E-state index in [1.807, 2.05) is 19.1 Å². The van der Waals surface area contributed by atoms with Crippen LogP contribution < -0.4 is 14.5 Å². The average molecular weight is 510 g/mol. The Hall–Kier alpha value is -3.39. The molecule has 0 aromatic heterocycles. The molecule has 0 aliphatic carbocycles. The summed E-state index contributed by atoms with van der Waals surface area (Å²) in [6.45, 7) is 5.83. The molecule has 0 saturated carbocycles. The zero-order valence-electron chi connectivity index (χ0n) is 20.6. The van der Waals surface area contributed by atoms with E-state index in [0.717, 1.165) is 35.1 Å². The normalized spacial score (nSPS) is 16.9. The minimum absolute atomic E-state index is 0.0868. The highest BCUT2D eigenvalue weighted by Crippen LogP contribution is 2.26. The van der Waals surface area contributed by atoms with Gasteiger partial charge in [-0.05, 0) is 79.8 Å². The maximum absolute atomic E-state index is 13.4. The van der Waals surface area contributed by atoms with Crippen molar-refractivity contribution in [2.75, 3.05) is 28.8 Å². The molecule has 1 aliphatic heterocycles. The highest BCUT2D eigenvalue weighted by molar-refractivity contribution is 7.92. The Morgan fingerprint density at radius 2 is 1.72 bits per heavy atom. The van der Waals surface area contributed by atoms with Crippen molar-refractivity contribution in [2.45, 2.75) is 37.6 Å². The highest BCUT2D eigenvalue weighted by atomic mass is 32.2. The van der Waals surface area contributed by atoms with Crippen molar-refractivity contribution in [1.82, 2.24) is 5.32 Å². The molecule has 3 aromatic rings. The number of sulfonamides is 1. The first-order valence-electron chi connectivity index (χ1n) is 12.2. The van der Waals surface area contributed by atoms with E-state index in [-0.39, 0.29) is 10.9 Å². The summed E-state index contributed by atoms with van der Waals surface area (Å²) in [5, 5.41) is 2.92. The summed E-state index contributed by atoms with van der Waals surface area (Å²) < 4.78 is 41.2. The number of anilines is 2. The zero-order valence-corrected chi connectivity index (χ0v) is 21.4. The Morgan fingerprint density at radius 1 is 1.06 bits per heavy atom. The lowest BCUT2D eigenvalue weighted by Crippen LogP contribution is -2.41. The van der Waals surface area contributed by atoms with Crippen LogP contribution in [-0.2, 0) is 14.8 Å². The van der Waals surface area contributed by atoms with Gasteiger partial charge in [0.2, 0.25) is 5.91 Å². The third-order valence-corrected chi connectivity index (χ3v) is 8.31. The lowest BCUT2D eigenvalue weighted by atomic mass is 9.99. The van der Waals surface area contributed by atoms with Gasteiger partial charge in [-0.25, -0.2) is 12.8 Å². The molecule has 0 radical (unpaired) electrons. The number of halogens is 1. The van der Waals surface area contributed by atoms with Crippen molar-refractivity contribution in [3.8, 4) is 0 Å². The molecule has 1 heterocycles. The first-order valence-corrected chi connectivity index (χ1v) is 13.7. The topological polar surface area (TPSA) is 69.7 Å². The van der Waals surface area contributed by atoms with Gasteiger partial charge in [0.1, 0.15) is 12.4 Å². The summed E-state index contributed by atoms with van der Waals surface area (Å²) in [6, 6.07) is 20.8. The molecule has 2 unspecified atom stereocenters. The maximum atomic E-state index is 13.4. The molecule has 0 spiro atoms. The van der Waals surface area contributed by atoms with Gasteiger partial charge < -0.3 is 10.2 Å². The molecule has 1 fully saturated rings. The summed E-state index contributed by atoms with van der Waals surface area (Å²) >= 11 is 0. The molecule has 1 amide bonds. The average Bonchev–Trinajstić information content (AvgIpc) is 2.88. The number of carbonyl (C=O) groups excluding carboxylic acids is 1. The monoisotopic (exact) mass is 509 g/mol. The van der Waals surface area contributed by atoms with Crippen LogP contribution in [0.5, 0.6) is 0 Å². The number of piperidine rings is 1. The van der Waals surface area contributed by atoms with Gasteiger partial charge in [-0.2, -0.15) is 0 Å². The third-order valence-electron chi connectivity index (χ3n) is 6.53. The van der Waals surface area contributed by atoms with Crippen LogP contribution in [-0.4, -0.2) is 34.0 Å². The molecule has 36 heavy (non-hydrogen) atoms. The molecule has 8 heteroatoms. The fourth-order valence-electron chi connectivity index (χ4n) is 4.54. The molecule has 6 nitrogen and oxygen atoms in total. The molecule has 3 aromatic carbocycles. The van der Waals surface area contributed by atoms with E-state index in [2.05, 4.69) is 29.3 Å². The predicted octanol–water partition coefficient (Wildman–Crippen LogP) is 5.13. The largest absolute Gasteiger partial charge is 0.371 e. The Kier molecular flexibility index (Phi) is 7.94. The van der Waals surface area contributed by atoms with E-state index in [1.165, 1.54) is 30.7 Å². The summed E-state index contributed by atoms with van der Waals surface area (Å²) in [5.41, 5.74) is 2.46. The van der Waals surface area contributed by atoms with Crippen LogP contribution in [0.25, 0.3) is 0 Å². The molecule has 0 bridgehead atoms. The fraction of sp³-hybridized carbons (Fsp3) is 0.321. The van der Waals surface area contributed by atoms with Crippen LogP contribution in [0.3, 0.4) is 0 Å². The predicted molar refractivity (Wildman–Crippen MR) is 141 cm³/mol. The minimum Gasteiger partial charge on any atom is -0.371 e. The van der Waals surface area contributed by atoms with Crippen LogP contribution in [0, 0.1) is 11.7 Å². The van der Waals surface area contributed by atoms with E-state index in [4.69, 9.17) is 0 Å². The van der Waals surface area contributed by atoms with E-state index in [0.29, 0.717) is 11.6 Å². The van der Waals surface area contributed by atoms with Crippen LogP contribution in [0.1, 0.15) is 38.3 Å². The number of para-hydroxylation sites is 1. The van der Waals surface area contributed by atoms with Gasteiger partial charge in [-0.1, -0.05) is 37.3 Å². The van der Waals surface area contributed by atoms with Crippen molar-refractivity contribution in [2.24, 2.45) is 5.92 Å². The number of carbonyl (C=O) groups is 1. The van der Waals surface area contributed by atoms with E-state index in [1.54, 1.807) is 30.3 Å². The molecule has 190 valence electrons. The third kappa shape index (κ3) is 6.05. The van der Waals surface area contributed by atoms with Crippen molar-refractivity contribution in [3.63, 3.8) is 0 Å². The number of nitrogens with zero attached hydrogens (tertiary/aromatic N) is 2. The van der Waals surface area contributed by atoms with Crippen molar-refractivity contribution in [1.29, 1.82) is 0 Å². The van der Waals surface area contributed by atoms with Crippen LogP contribution in [0.15, 0.2) is 83.8 Å². The van der Waals surface area contributed by atoms with E-state index < -0.39 is 28.3 Å². The molecular weight excluding hydrogens is 477 g/mol. The minimum atomic E-state index is -4.09. The number of rotatable bonds is 8. The SMILES string of the molecule is CC1CCCN(c2ccc(C(C)NC(=O)CN(c3ccccc3)S(=O)(=O)c3ccc(F)cc3)cc2)C1. The van der Waals surface area contributed by atoms with Gasteiger partial charge in [-0.15, -0.1) is 0 Å². The fourth-order valence-corrected chi connectivity index (χ4v) is 5.96. The second-order valence-corrected chi connectivity index (χ2v) is 11.2. The van der Waals surface area contributed by atoms with Crippen molar-refractivity contribution in [3.05, 3.63) is 90.2 Å². The van der Waals surface area contributed by atoms with Gasteiger partial charge in [0.25, 0.3) is 10.0 Å².